The molecule has 0 radical (unpaired) electrons. The molecule has 0 spiro atoms. The lowest BCUT2D eigenvalue weighted by Crippen LogP contribution is -2.23. The van der Waals surface area contributed by atoms with Crippen molar-refractivity contribution in [3.05, 3.63) is 28.8 Å². The van der Waals surface area contributed by atoms with Crippen LogP contribution in [0.25, 0.3) is 0 Å². The van der Waals surface area contributed by atoms with Crippen LogP contribution in [-0.2, 0) is 16.4 Å². The summed E-state index contributed by atoms with van der Waals surface area (Å²) < 4.78 is 25.9. The molecule has 14 heavy (non-hydrogen) atoms. The second-order valence-electron chi connectivity index (χ2n) is 3.25. The molecular formula is C9H10ClNO2S. The maximum atomic E-state index is 11.7. The summed E-state index contributed by atoms with van der Waals surface area (Å²) in [5, 5.41) is 0.455. The average molecular weight is 232 g/mol. The molecule has 5 heteroatoms. The van der Waals surface area contributed by atoms with E-state index in [9.17, 15) is 8.42 Å². The van der Waals surface area contributed by atoms with Crippen LogP contribution in [0.1, 0.15) is 12.0 Å². The van der Waals surface area contributed by atoms with Crippen LogP contribution in [0.2, 0.25) is 5.02 Å². The molecule has 1 N–H and O–H groups in total. The predicted molar refractivity (Wildman–Crippen MR) is 55.0 cm³/mol. The van der Waals surface area contributed by atoms with Crippen molar-refractivity contribution in [1.82, 2.24) is 4.72 Å². The summed E-state index contributed by atoms with van der Waals surface area (Å²) in [6.07, 6.45) is 1.60. The molecule has 0 aliphatic carbocycles. The molecule has 0 saturated carbocycles. The quantitative estimate of drug-likeness (QED) is 0.737. The van der Waals surface area contributed by atoms with Gasteiger partial charge >= 0.3 is 0 Å². The normalized spacial score (nSPS) is 19.8. The van der Waals surface area contributed by atoms with Gasteiger partial charge in [-0.25, -0.2) is 13.1 Å². The molecule has 0 aromatic heterocycles. The van der Waals surface area contributed by atoms with Gasteiger partial charge in [-0.15, -0.1) is 0 Å². The van der Waals surface area contributed by atoms with Crippen molar-refractivity contribution in [1.29, 1.82) is 0 Å². The number of hydrogen-bond acceptors (Lipinski definition) is 2. The minimum absolute atomic E-state index is 0.322. The maximum absolute atomic E-state index is 11.7. The van der Waals surface area contributed by atoms with Crippen LogP contribution >= 0.6 is 11.6 Å². The summed E-state index contributed by atoms with van der Waals surface area (Å²) >= 11 is 5.77. The molecule has 0 amide bonds. The van der Waals surface area contributed by atoms with E-state index in [4.69, 9.17) is 11.6 Å². The molecule has 0 unspecified atom stereocenters. The van der Waals surface area contributed by atoms with Crippen LogP contribution in [0, 0.1) is 0 Å². The zero-order valence-electron chi connectivity index (χ0n) is 7.46. The zero-order chi connectivity index (χ0) is 10.2. The Morgan fingerprint density at radius 3 is 2.93 bits per heavy atom. The highest BCUT2D eigenvalue weighted by Crippen LogP contribution is 2.23. The van der Waals surface area contributed by atoms with E-state index >= 15 is 0 Å². The van der Waals surface area contributed by atoms with Crippen molar-refractivity contribution in [2.45, 2.75) is 17.7 Å². The van der Waals surface area contributed by atoms with Crippen LogP contribution in [-0.4, -0.2) is 15.0 Å². The number of aryl methyl sites for hydroxylation is 1. The molecular weight excluding hydrogens is 222 g/mol. The molecule has 1 aliphatic heterocycles. The lowest BCUT2D eigenvalue weighted by Gasteiger charge is -2.05. The standard InChI is InChI=1S/C9H10ClNO2S/c10-8-4-3-7-2-1-5-11-14(12,13)9(7)6-8/h3-4,6,11H,1-2,5H2. The topological polar surface area (TPSA) is 46.2 Å². The van der Waals surface area contributed by atoms with Gasteiger partial charge in [0, 0.05) is 11.6 Å². The van der Waals surface area contributed by atoms with Crippen molar-refractivity contribution in [3.63, 3.8) is 0 Å². The van der Waals surface area contributed by atoms with E-state index in [-0.39, 0.29) is 0 Å². The number of hydrogen-bond donors (Lipinski definition) is 1. The molecule has 1 aromatic carbocycles. The van der Waals surface area contributed by atoms with Gasteiger partial charge < -0.3 is 0 Å². The number of fused-ring (bicyclic) bond motifs is 1. The molecule has 2 rings (SSSR count). The minimum Gasteiger partial charge on any atom is -0.211 e. The van der Waals surface area contributed by atoms with Gasteiger partial charge in [0.1, 0.15) is 0 Å². The number of sulfonamides is 1. The van der Waals surface area contributed by atoms with E-state index in [1.807, 2.05) is 0 Å². The van der Waals surface area contributed by atoms with Crippen LogP contribution in [0.5, 0.6) is 0 Å². The van der Waals surface area contributed by atoms with E-state index < -0.39 is 10.0 Å². The molecule has 0 atom stereocenters. The smallest absolute Gasteiger partial charge is 0.211 e. The van der Waals surface area contributed by atoms with Gasteiger partial charge in [-0.3, -0.25) is 0 Å². The summed E-state index contributed by atoms with van der Waals surface area (Å²) in [7, 11) is -3.34. The summed E-state index contributed by atoms with van der Waals surface area (Å²) in [5.74, 6) is 0. The molecule has 1 aliphatic rings. The van der Waals surface area contributed by atoms with Crippen LogP contribution in [0.3, 0.4) is 0 Å². The van der Waals surface area contributed by atoms with Crippen LogP contribution in [0.4, 0.5) is 0 Å². The van der Waals surface area contributed by atoms with Crippen molar-refractivity contribution in [3.8, 4) is 0 Å². The van der Waals surface area contributed by atoms with Gasteiger partial charge in [-0.05, 0) is 30.5 Å². The van der Waals surface area contributed by atoms with Gasteiger partial charge in [-0.2, -0.15) is 0 Å². The highest BCUT2D eigenvalue weighted by Gasteiger charge is 2.20. The second-order valence-corrected chi connectivity index (χ2v) is 5.43. The molecule has 0 saturated heterocycles. The first-order chi connectivity index (χ1) is 6.59. The monoisotopic (exact) mass is 231 g/mol. The fourth-order valence-corrected chi connectivity index (χ4v) is 3.15. The first kappa shape index (κ1) is 9.96. The van der Waals surface area contributed by atoms with Crippen LogP contribution in [0.15, 0.2) is 23.1 Å². The second kappa shape index (κ2) is 3.53. The Labute approximate surface area is 88.1 Å². The fraction of sp³-hybridized carbons (Fsp3) is 0.333. The van der Waals surface area contributed by atoms with Crippen LogP contribution < -0.4 is 4.72 Å². The Balaban J connectivity index is 2.64. The average Bonchev–Trinajstić information content (AvgIpc) is 2.26. The van der Waals surface area contributed by atoms with E-state index in [1.165, 1.54) is 6.07 Å². The Morgan fingerprint density at radius 1 is 1.36 bits per heavy atom. The van der Waals surface area contributed by atoms with Gasteiger partial charge in [0.05, 0.1) is 4.90 Å². The largest absolute Gasteiger partial charge is 0.240 e. The summed E-state index contributed by atoms with van der Waals surface area (Å²) in [6.45, 7) is 0.495. The third kappa shape index (κ3) is 1.78. The number of nitrogens with one attached hydrogen (secondary N) is 1. The summed E-state index contributed by atoms with van der Waals surface area (Å²) in [5.41, 5.74) is 0.847. The van der Waals surface area contributed by atoms with Crippen molar-refractivity contribution >= 4 is 21.6 Å². The minimum atomic E-state index is -3.34. The molecule has 0 fully saturated rings. The maximum Gasteiger partial charge on any atom is 0.240 e. The van der Waals surface area contributed by atoms with Crippen molar-refractivity contribution < 1.29 is 8.42 Å². The number of rotatable bonds is 0. The predicted octanol–water partition coefficient (Wildman–Crippen LogP) is 1.56. The van der Waals surface area contributed by atoms with Gasteiger partial charge in [0.2, 0.25) is 10.0 Å². The third-order valence-corrected chi connectivity index (χ3v) is 4.01. The van der Waals surface area contributed by atoms with E-state index in [0.29, 0.717) is 16.5 Å². The van der Waals surface area contributed by atoms with Gasteiger partial charge in [0.25, 0.3) is 0 Å². The zero-order valence-corrected chi connectivity index (χ0v) is 9.03. The first-order valence-electron chi connectivity index (χ1n) is 4.38. The van der Waals surface area contributed by atoms with Crippen molar-refractivity contribution in [2.24, 2.45) is 0 Å². The van der Waals surface area contributed by atoms with E-state index in [1.54, 1.807) is 12.1 Å². The first-order valence-corrected chi connectivity index (χ1v) is 6.24. The highest BCUT2D eigenvalue weighted by atomic mass is 35.5. The number of benzene rings is 1. The molecule has 0 bridgehead atoms. The Hall–Kier alpha value is -0.580. The highest BCUT2D eigenvalue weighted by molar-refractivity contribution is 7.89. The summed E-state index contributed by atoms with van der Waals surface area (Å²) in [4.78, 5) is 0.322. The number of halogens is 1. The van der Waals surface area contributed by atoms with Gasteiger partial charge in [-0.1, -0.05) is 17.7 Å². The molecule has 1 heterocycles. The SMILES string of the molecule is O=S1(=O)NCCCc2ccc(Cl)cc21. The van der Waals surface area contributed by atoms with Crippen molar-refractivity contribution in [2.75, 3.05) is 6.54 Å². The fourth-order valence-electron chi connectivity index (χ4n) is 1.55. The lowest BCUT2D eigenvalue weighted by atomic mass is 10.1. The molecule has 1 aromatic rings. The summed E-state index contributed by atoms with van der Waals surface area (Å²) in [6, 6.07) is 5.01. The van der Waals surface area contributed by atoms with E-state index in [2.05, 4.69) is 4.72 Å². The Morgan fingerprint density at radius 2 is 2.14 bits per heavy atom. The van der Waals surface area contributed by atoms with E-state index in [0.717, 1.165) is 18.4 Å². The van der Waals surface area contributed by atoms with Gasteiger partial charge in [0.15, 0.2) is 0 Å². The Kier molecular flexibility index (Phi) is 2.51. The lowest BCUT2D eigenvalue weighted by molar-refractivity contribution is 0.583. The molecule has 76 valence electrons. The Bertz CT molecular complexity index is 456. The third-order valence-electron chi connectivity index (χ3n) is 2.23. The molecule has 3 nitrogen and oxygen atoms in total.